The third-order valence-electron chi connectivity index (χ3n) is 2.24. The molecule has 1 aliphatic rings. The molecule has 0 atom stereocenters. The van der Waals surface area contributed by atoms with Crippen LogP contribution >= 0.6 is 11.3 Å². The Morgan fingerprint density at radius 1 is 1.38 bits per heavy atom. The van der Waals surface area contributed by atoms with Gasteiger partial charge in [0.2, 0.25) is 0 Å². The van der Waals surface area contributed by atoms with Crippen LogP contribution in [0.15, 0.2) is 0 Å². The molecule has 16 heavy (non-hydrogen) atoms. The van der Waals surface area contributed by atoms with Crippen molar-refractivity contribution in [3.05, 3.63) is 10.6 Å². The zero-order chi connectivity index (χ0) is 12.3. The number of aromatic nitrogens is 1. The van der Waals surface area contributed by atoms with Crippen molar-refractivity contribution in [1.82, 2.24) is 0 Å². The van der Waals surface area contributed by atoms with E-state index in [1.807, 2.05) is 11.3 Å². The second kappa shape index (κ2) is 5.26. The molecule has 2 heterocycles. The Bertz CT molecular complexity index is 358. The van der Waals surface area contributed by atoms with Crippen molar-refractivity contribution in [3.63, 3.8) is 0 Å². The van der Waals surface area contributed by atoms with Crippen molar-refractivity contribution in [2.24, 2.45) is 0 Å². The van der Waals surface area contributed by atoms with Crippen molar-refractivity contribution >= 4 is 16.5 Å². The van der Waals surface area contributed by atoms with Crippen LogP contribution < -0.4 is 14.5 Å². The Morgan fingerprint density at radius 2 is 1.94 bits per heavy atom. The minimum absolute atomic E-state index is 1.14. The average Bonchev–Trinajstić information content (AvgIpc) is 2.41. The van der Waals surface area contributed by atoms with E-state index in [2.05, 4.69) is 23.7 Å². The van der Waals surface area contributed by atoms with Crippen molar-refractivity contribution < 1.29 is 33.4 Å². The first-order valence-corrected chi connectivity index (χ1v) is 6.83. The molecule has 8 heteroatoms. The molecule has 0 amide bonds. The predicted octanol–water partition coefficient (Wildman–Crippen LogP) is -1.39. The van der Waals surface area contributed by atoms with Crippen LogP contribution in [0.1, 0.15) is 17.0 Å². The maximum atomic E-state index is 8.83. The molecule has 0 aromatic carbocycles. The van der Waals surface area contributed by atoms with Gasteiger partial charge in [-0.3, -0.25) is 5.32 Å². The van der Waals surface area contributed by atoms with Gasteiger partial charge in [0.25, 0.3) is 0 Å². The molecule has 4 N–H and O–H groups in total. The zero-order valence-corrected chi connectivity index (χ0v) is 10.7. The van der Waals surface area contributed by atoms with E-state index in [0.29, 0.717) is 0 Å². The molecule has 0 bridgehead atoms. The zero-order valence-electron chi connectivity index (χ0n) is 9.10. The summed E-state index contributed by atoms with van der Waals surface area (Å²) in [7, 11) is -4.19. The molecule has 0 unspecified atom stereocenters. The van der Waals surface area contributed by atoms with E-state index in [9.17, 15) is 0 Å². The average molecular weight is 272 g/mol. The number of aryl methyl sites for hydroxylation is 1. The number of nitrogens with one attached hydrogen (secondary N) is 1. The van der Waals surface area contributed by atoms with Crippen LogP contribution in [0.3, 0.4) is 0 Å². The fourth-order valence-corrected chi connectivity index (χ4v) is 2.51. The molecule has 0 fully saturated rings. The van der Waals surface area contributed by atoms with Crippen LogP contribution in [0.4, 0.5) is 5.13 Å². The summed E-state index contributed by atoms with van der Waals surface area (Å²) in [6, 6.07) is 0. The summed E-state index contributed by atoms with van der Waals surface area (Å²) in [6.45, 7) is 6.72. The van der Waals surface area contributed by atoms with E-state index in [1.54, 1.807) is 0 Å². The standard InChI is InChI=1S/C8H12N2S.ClH3O4/c1-6-7(2)11-8-9-4-3-5-10(6)8;2-1(3,4)5/h3-5H2,1-2H3;2-4H/p+1. The Balaban J connectivity index is 0.000000221. The number of hydrogen-bond acceptors (Lipinski definition) is 6. The van der Waals surface area contributed by atoms with Gasteiger partial charge in [-0.1, -0.05) is 11.3 Å². The summed E-state index contributed by atoms with van der Waals surface area (Å²) in [6.07, 6.45) is 1.26. The first-order chi connectivity index (χ1) is 7.29. The van der Waals surface area contributed by atoms with Crippen molar-refractivity contribution in [2.45, 2.75) is 26.8 Å². The summed E-state index contributed by atoms with van der Waals surface area (Å²) < 4.78 is 32.6. The Morgan fingerprint density at radius 3 is 2.44 bits per heavy atom. The quantitative estimate of drug-likeness (QED) is 0.435. The van der Waals surface area contributed by atoms with Gasteiger partial charge in [-0.2, -0.15) is 0 Å². The van der Waals surface area contributed by atoms with Crippen LogP contribution in [-0.4, -0.2) is 20.5 Å². The Labute approximate surface area is 99.5 Å². The van der Waals surface area contributed by atoms with E-state index in [0.717, 1.165) is 6.54 Å². The van der Waals surface area contributed by atoms with Gasteiger partial charge in [0.15, 0.2) is 0 Å². The second-order valence-corrected chi connectivity index (χ2v) is 5.49. The van der Waals surface area contributed by atoms with Crippen molar-refractivity contribution in [3.8, 4) is 0 Å². The monoisotopic (exact) mass is 271 g/mol. The number of rotatable bonds is 0. The minimum atomic E-state index is -4.19. The van der Waals surface area contributed by atoms with Gasteiger partial charge in [-0.15, -0.1) is 0 Å². The molecule has 0 radical (unpaired) electrons. The predicted molar refractivity (Wildman–Crippen MR) is 53.8 cm³/mol. The summed E-state index contributed by atoms with van der Waals surface area (Å²) in [4.78, 5) is 1.44. The molecule has 2 rings (SSSR count). The number of halogens is 1. The molecular weight excluding hydrogens is 256 g/mol. The van der Waals surface area contributed by atoms with Gasteiger partial charge >= 0.3 is 34.0 Å². The van der Waals surface area contributed by atoms with Gasteiger partial charge in [0.05, 0.1) is 18.0 Å². The van der Waals surface area contributed by atoms with E-state index in [4.69, 9.17) is 18.6 Å². The Hall–Kier alpha value is -0.440. The molecule has 0 saturated carbocycles. The van der Waals surface area contributed by atoms with E-state index in [1.165, 1.54) is 28.7 Å². The summed E-state index contributed by atoms with van der Waals surface area (Å²) in [5.41, 5.74) is 1.43. The van der Waals surface area contributed by atoms with Crippen molar-refractivity contribution in [2.75, 3.05) is 11.9 Å². The SMILES string of the molecule is Cc1sc2[n+](c1C)CCCN2.[O-][Cl+](O)(O)O. The molecule has 1 aliphatic heterocycles. The number of fused-ring (bicyclic) bond motifs is 1. The van der Waals surface area contributed by atoms with E-state index >= 15 is 0 Å². The molecule has 6 nitrogen and oxygen atoms in total. The van der Waals surface area contributed by atoms with Crippen LogP contribution in [0, 0.1) is 24.1 Å². The van der Waals surface area contributed by atoms with Gasteiger partial charge in [0.1, 0.15) is 5.69 Å². The van der Waals surface area contributed by atoms with Crippen molar-refractivity contribution in [1.29, 1.82) is 0 Å². The maximum absolute atomic E-state index is 8.83. The summed E-state index contributed by atoms with van der Waals surface area (Å²) in [5, 5.41) is 4.74. The first-order valence-electron chi connectivity index (χ1n) is 4.69. The second-order valence-electron chi connectivity index (χ2n) is 3.41. The van der Waals surface area contributed by atoms with Gasteiger partial charge in [-0.25, -0.2) is 4.57 Å². The number of hydrogen-bond donors (Lipinski definition) is 4. The molecule has 94 valence electrons. The number of nitrogens with zero attached hydrogens (tertiary/aromatic N) is 1. The molecule has 0 aliphatic carbocycles. The molecule has 0 saturated heterocycles. The normalized spacial score (nSPS) is 15.6. The molecule has 1 aromatic heterocycles. The van der Waals surface area contributed by atoms with Crippen LogP contribution in [0.2, 0.25) is 0 Å². The number of thiazole rings is 1. The van der Waals surface area contributed by atoms with E-state index in [-0.39, 0.29) is 0 Å². The summed E-state index contributed by atoms with van der Waals surface area (Å²) in [5.74, 6) is 0. The van der Waals surface area contributed by atoms with Gasteiger partial charge < -0.3 is 0 Å². The fourth-order valence-electron chi connectivity index (χ4n) is 1.45. The number of anilines is 1. The topological polar surface area (TPSA) is 99.7 Å². The summed E-state index contributed by atoms with van der Waals surface area (Å²) >= 11 is 1.87. The Kier molecular flexibility index (Phi) is 4.48. The van der Waals surface area contributed by atoms with Crippen LogP contribution in [0.25, 0.3) is 0 Å². The third-order valence-corrected chi connectivity index (χ3v) is 3.40. The van der Waals surface area contributed by atoms with Crippen LogP contribution in [-0.2, 0) is 6.54 Å². The third kappa shape index (κ3) is 4.20. The molecular formula is C8H16ClN2O4S+. The van der Waals surface area contributed by atoms with Gasteiger partial charge in [-0.05, 0) is 13.8 Å². The van der Waals surface area contributed by atoms with Crippen LogP contribution in [0.5, 0.6) is 0 Å². The molecule has 0 spiro atoms. The first kappa shape index (κ1) is 13.6. The fraction of sp³-hybridized carbons (Fsp3) is 0.625. The van der Waals surface area contributed by atoms with E-state index < -0.39 is 10.2 Å². The van der Waals surface area contributed by atoms with Gasteiger partial charge in [0, 0.05) is 6.42 Å². The molecule has 1 aromatic rings.